The number of pyridine rings is 1. The van der Waals surface area contributed by atoms with Crippen LogP contribution in [0.25, 0.3) is 11.3 Å². The Morgan fingerprint density at radius 1 is 1.14 bits per heavy atom. The number of rotatable bonds is 7. The van der Waals surface area contributed by atoms with Crippen LogP contribution in [0.15, 0.2) is 42.6 Å². The fourth-order valence-corrected chi connectivity index (χ4v) is 2.93. The van der Waals surface area contributed by atoms with Crippen LogP contribution in [0.2, 0.25) is 0 Å². The first kappa shape index (κ1) is 19.3. The fraction of sp³-hybridized carbons (Fsp3) is 0.238. The summed E-state index contributed by atoms with van der Waals surface area (Å²) in [5.41, 5.74) is 16.7. The second-order valence-electron chi connectivity index (χ2n) is 6.68. The maximum atomic E-state index is 11.1. The highest BCUT2D eigenvalue weighted by atomic mass is 16.1. The average Bonchev–Trinajstić information content (AvgIpc) is 2.67. The van der Waals surface area contributed by atoms with Gasteiger partial charge in [0.05, 0.1) is 11.3 Å². The molecule has 0 aliphatic rings. The van der Waals surface area contributed by atoms with Crippen molar-refractivity contribution in [1.82, 2.24) is 15.0 Å². The highest BCUT2D eigenvalue weighted by Crippen LogP contribution is 2.26. The van der Waals surface area contributed by atoms with Gasteiger partial charge in [-0.3, -0.25) is 9.78 Å². The summed E-state index contributed by atoms with van der Waals surface area (Å²) in [5, 5.41) is 3.30. The van der Waals surface area contributed by atoms with Crippen molar-refractivity contribution in [3.05, 3.63) is 65.0 Å². The van der Waals surface area contributed by atoms with E-state index in [1.54, 1.807) is 6.07 Å². The van der Waals surface area contributed by atoms with Gasteiger partial charge in [0.2, 0.25) is 11.9 Å². The zero-order chi connectivity index (χ0) is 20.1. The summed E-state index contributed by atoms with van der Waals surface area (Å²) in [7, 11) is 0. The molecule has 1 aromatic carbocycles. The first-order valence-corrected chi connectivity index (χ1v) is 9.14. The van der Waals surface area contributed by atoms with Crippen molar-refractivity contribution >= 4 is 17.7 Å². The number of aromatic nitrogens is 3. The summed E-state index contributed by atoms with van der Waals surface area (Å²) >= 11 is 0. The number of primary amides is 1. The van der Waals surface area contributed by atoms with Gasteiger partial charge in [-0.1, -0.05) is 18.2 Å². The first-order chi connectivity index (χ1) is 13.4. The normalized spacial score (nSPS) is 10.6. The zero-order valence-corrected chi connectivity index (χ0v) is 16.1. The number of nitrogens with zero attached hydrogens (tertiary/aromatic N) is 3. The van der Waals surface area contributed by atoms with Crippen LogP contribution in [-0.2, 0) is 6.42 Å². The molecular weight excluding hydrogens is 352 g/mol. The minimum absolute atomic E-state index is 0.240. The lowest BCUT2D eigenvalue weighted by atomic mass is 10.0. The number of carbonyl (C=O) groups is 1. The predicted molar refractivity (Wildman–Crippen MR) is 111 cm³/mol. The standard InChI is InChI=1S/C21H24N6O/c1-13-5-3-7-17(14(13)2)18-11-19(27-21(23)26-18)24-10-4-6-16-9-8-15(12-25-16)20(22)28/h3,5,7-9,11-12H,4,6,10H2,1-2H3,(H2,22,28)(H3,23,24,26,27). The topological polar surface area (TPSA) is 120 Å². The Hall–Kier alpha value is -3.48. The molecule has 3 aromatic rings. The highest BCUT2D eigenvalue weighted by molar-refractivity contribution is 5.92. The Bertz CT molecular complexity index is 985. The molecule has 7 heteroatoms. The number of hydrogen-bond acceptors (Lipinski definition) is 6. The molecule has 0 saturated heterocycles. The minimum Gasteiger partial charge on any atom is -0.370 e. The smallest absolute Gasteiger partial charge is 0.250 e. The van der Waals surface area contributed by atoms with Crippen molar-refractivity contribution < 1.29 is 4.79 Å². The van der Waals surface area contributed by atoms with Crippen molar-refractivity contribution in [3.63, 3.8) is 0 Å². The second kappa shape index (κ2) is 8.47. The lowest BCUT2D eigenvalue weighted by Gasteiger charge is -2.11. The molecule has 7 nitrogen and oxygen atoms in total. The van der Waals surface area contributed by atoms with Crippen molar-refractivity contribution in [1.29, 1.82) is 0 Å². The van der Waals surface area contributed by atoms with Crippen molar-refractivity contribution in [2.45, 2.75) is 26.7 Å². The highest BCUT2D eigenvalue weighted by Gasteiger charge is 2.09. The molecule has 0 aliphatic heterocycles. The third-order valence-electron chi connectivity index (χ3n) is 4.65. The molecule has 0 spiro atoms. The summed E-state index contributed by atoms with van der Waals surface area (Å²) in [6.45, 7) is 4.86. The number of carbonyl (C=O) groups excluding carboxylic acids is 1. The van der Waals surface area contributed by atoms with Gasteiger partial charge in [-0.2, -0.15) is 4.98 Å². The summed E-state index contributed by atoms with van der Waals surface area (Å²) in [6, 6.07) is 11.6. The van der Waals surface area contributed by atoms with E-state index in [9.17, 15) is 4.79 Å². The molecule has 1 amide bonds. The number of amides is 1. The van der Waals surface area contributed by atoms with Gasteiger partial charge in [0, 0.05) is 30.1 Å². The largest absolute Gasteiger partial charge is 0.370 e. The van der Waals surface area contributed by atoms with E-state index < -0.39 is 5.91 Å². The SMILES string of the molecule is Cc1cccc(-c2cc(NCCCc3ccc(C(N)=O)cn3)nc(N)n2)c1C. The summed E-state index contributed by atoms with van der Waals surface area (Å²) in [5.74, 6) is 0.465. The third-order valence-corrected chi connectivity index (χ3v) is 4.65. The Morgan fingerprint density at radius 3 is 2.68 bits per heavy atom. The number of anilines is 2. The molecule has 2 heterocycles. The Morgan fingerprint density at radius 2 is 1.96 bits per heavy atom. The van der Waals surface area contributed by atoms with Crippen LogP contribution >= 0.6 is 0 Å². The van der Waals surface area contributed by atoms with Gasteiger partial charge in [0.15, 0.2) is 0 Å². The lowest BCUT2D eigenvalue weighted by Crippen LogP contribution is -2.11. The second-order valence-corrected chi connectivity index (χ2v) is 6.68. The van der Waals surface area contributed by atoms with Crippen LogP contribution in [0.5, 0.6) is 0 Å². The summed E-state index contributed by atoms with van der Waals surface area (Å²) in [6.07, 6.45) is 3.13. The van der Waals surface area contributed by atoms with Gasteiger partial charge in [0.25, 0.3) is 0 Å². The third kappa shape index (κ3) is 4.62. The summed E-state index contributed by atoms with van der Waals surface area (Å²) < 4.78 is 0. The number of nitrogen functional groups attached to an aromatic ring is 1. The van der Waals surface area contributed by atoms with Gasteiger partial charge in [-0.15, -0.1) is 0 Å². The van der Waals surface area contributed by atoms with E-state index in [2.05, 4.69) is 40.2 Å². The van der Waals surface area contributed by atoms with E-state index in [1.807, 2.05) is 24.3 Å². The molecular formula is C21H24N6O. The molecule has 0 unspecified atom stereocenters. The monoisotopic (exact) mass is 376 g/mol. The molecule has 28 heavy (non-hydrogen) atoms. The van der Waals surface area contributed by atoms with Crippen LogP contribution in [-0.4, -0.2) is 27.4 Å². The van der Waals surface area contributed by atoms with Crippen LogP contribution in [0, 0.1) is 13.8 Å². The maximum Gasteiger partial charge on any atom is 0.250 e. The number of nitrogens with two attached hydrogens (primary N) is 2. The van der Waals surface area contributed by atoms with Crippen LogP contribution in [0.1, 0.15) is 33.6 Å². The molecule has 0 saturated carbocycles. The van der Waals surface area contributed by atoms with Gasteiger partial charge >= 0.3 is 0 Å². The van der Waals surface area contributed by atoms with E-state index in [-0.39, 0.29) is 5.95 Å². The van der Waals surface area contributed by atoms with Crippen molar-refractivity contribution in [2.75, 3.05) is 17.6 Å². The number of hydrogen-bond donors (Lipinski definition) is 3. The van der Waals surface area contributed by atoms with Crippen LogP contribution in [0.3, 0.4) is 0 Å². The van der Waals surface area contributed by atoms with Crippen molar-refractivity contribution in [2.24, 2.45) is 5.73 Å². The van der Waals surface area contributed by atoms with E-state index in [0.29, 0.717) is 17.9 Å². The fourth-order valence-electron chi connectivity index (χ4n) is 2.93. The maximum absolute atomic E-state index is 11.1. The molecule has 144 valence electrons. The van der Waals surface area contributed by atoms with E-state index in [1.165, 1.54) is 17.3 Å². The van der Waals surface area contributed by atoms with Gasteiger partial charge in [0.1, 0.15) is 5.82 Å². The van der Waals surface area contributed by atoms with E-state index >= 15 is 0 Å². The van der Waals surface area contributed by atoms with Crippen LogP contribution < -0.4 is 16.8 Å². The minimum atomic E-state index is -0.471. The first-order valence-electron chi connectivity index (χ1n) is 9.14. The predicted octanol–water partition coefficient (Wildman–Crippen LogP) is 2.88. The number of nitrogens with one attached hydrogen (secondary N) is 1. The molecule has 2 aromatic heterocycles. The Labute approximate surface area is 164 Å². The van der Waals surface area contributed by atoms with Gasteiger partial charge < -0.3 is 16.8 Å². The number of benzene rings is 1. The lowest BCUT2D eigenvalue weighted by molar-refractivity contribution is 0.1000. The molecule has 0 atom stereocenters. The van der Waals surface area contributed by atoms with Crippen molar-refractivity contribution in [3.8, 4) is 11.3 Å². The molecule has 0 bridgehead atoms. The molecule has 3 rings (SSSR count). The zero-order valence-electron chi connectivity index (χ0n) is 16.1. The average molecular weight is 376 g/mol. The van der Waals surface area contributed by atoms with E-state index in [4.69, 9.17) is 11.5 Å². The molecule has 0 fully saturated rings. The molecule has 0 radical (unpaired) electrons. The van der Waals surface area contributed by atoms with Crippen LogP contribution in [0.4, 0.5) is 11.8 Å². The quantitative estimate of drug-likeness (QED) is 0.545. The van der Waals surface area contributed by atoms with E-state index in [0.717, 1.165) is 29.8 Å². The summed E-state index contributed by atoms with van der Waals surface area (Å²) in [4.78, 5) is 24.0. The molecule has 5 N–H and O–H groups in total. The van der Waals surface area contributed by atoms with Gasteiger partial charge in [-0.05, 0) is 49.9 Å². The molecule has 0 aliphatic carbocycles. The number of aryl methyl sites for hydroxylation is 2. The Balaban J connectivity index is 1.62. The van der Waals surface area contributed by atoms with Gasteiger partial charge in [-0.25, -0.2) is 4.98 Å². The Kier molecular flexibility index (Phi) is 5.84.